The van der Waals surface area contributed by atoms with Crippen molar-refractivity contribution in [1.82, 2.24) is 0 Å². The minimum Gasteiger partial charge on any atom is -0.493 e. The first-order valence-electron chi connectivity index (χ1n) is 13.4. The van der Waals surface area contributed by atoms with Gasteiger partial charge in [-0.05, 0) is 67.5 Å². The second-order valence-corrected chi connectivity index (χ2v) is 11.4. The molecule has 0 aliphatic carbocycles. The Morgan fingerprint density at radius 1 is 0.737 bits per heavy atom. The highest BCUT2D eigenvalue weighted by atomic mass is 32.2. The highest BCUT2D eigenvalue weighted by molar-refractivity contribution is 7.91. The minimum absolute atomic E-state index is 0.0346. The summed E-state index contributed by atoms with van der Waals surface area (Å²) in [7, 11) is 1.16. The highest BCUT2D eigenvalue weighted by Crippen LogP contribution is 2.48. The van der Waals surface area contributed by atoms with Crippen molar-refractivity contribution in [3.05, 3.63) is 35.4 Å². The van der Waals surface area contributed by atoms with E-state index in [0.717, 1.165) is 43.2 Å². The van der Waals surface area contributed by atoms with Crippen LogP contribution < -0.4 is 23.7 Å². The molecule has 0 amide bonds. The summed E-state index contributed by atoms with van der Waals surface area (Å²) in [4.78, 5) is 0.177. The van der Waals surface area contributed by atoms with Gasteiger partial charge in [-0.15, -0.1) is 0 Å². The molecule has 8 nitrogen and oxygen atoms in total. The molecule has 0 spiro atoms. The average molecular weight is 551 g/mol. The first-order chi connectivity index (χ1) is 18.3. The SMILES string of the molecule is CCCCOc1cc(C2CCC(c3cc(OC)c(OC)c(OC)c3)O2)cc(S(=O)(=O)CCC)c1OCCC. The van der Waals surface area contributed by atoms with Crippen LogP contribution in [0.15, 0.2) is 29.2 Å². The molecule has 2 aromatic rings. The maximum atomic E-state index is 13.3. The van der Waals surface area contributed by atoms with Crippen LogP contribution in [-0.2, 0) is 14.6 Å². The number of hydrogen-bond donors (Lipinski definition) is 0. The van der Waals surface area contributed by atoms with Crippen molar-refractivity contribution in [2.45, 2.75) is 76.4 Å². The third-order valence-corrected chi connectivity index (χ3v) is 8.43. The van der Waals surface area contributed by atoms with Gasteiger partial charge in [0.05, 0.1) is 52.5 Å². The van der Waals surface area contributed by atoms with Gasteiger partial charge in [0.2, 0.25) is 5.75 Å². The van der Waals surface area contributed by atoms with Crippen LogP contribution in [0.2, 0.25) is 0 Å². The molecular weight excluding hydrogens is 508 g/mol. The van der Waals surface area contributed by atoms with Crippen LogP contribution in [0.1, 0.15) is 82.6 Å². The van der Waals surface area contributed by atoms with E-state index in [-0.39, 0.29) is 22.9 Å². The van der Waals surface area contributed by atoms with Gasteiger partial charge < -0.3 is 28.4 Å². The highest BCUT2D eigenvalue weighted by Gasteiger charge is 2.32. The minimum atomic E-state index is -3.58. The fourth-order valence-electron chi connectivity index (χ4n) is 4.59. The molecule has 1 saturated heterocycles. The average Bonchev–Trinajstić information content (AvgIpc) is 3.41. The summed E-state index contributed by atoms with van der Waals surface area (Å²) in [5.41, 5.74) is 1.67. The van der Waals surface area contributed by atoms with Gasteiger partial charge in [0, 0.05) is 0 Å². The Hall–Kier alpha value is -2.65. The van der Waals surface area contributed by atoms with E-state index in [1.807, 2.05) is 32.0 Å². The van der Waals surface area contributed by atoms with Crippen molar-refractivity contribution in [2.75, 3.05) is 40.3 Å². The van der Waals surface area contributed by atoms with Crippen molar-refractivity contribution >= 4 is 9.84 Å². The summed E-state index contributed by atoms with van der Waals surface area (Å²) < 4.78 is 61.7. The summed E-state index contributed by atoms with van der Waals surface area (Å²) in [5.74, 6) is 2.44. The van der Waals surface area contributed by atoms with Gasteiger partial charge in [-0.3, -0.25) is 0 Å². The van der Waals surface area contributed by atoms with E-state index in [4.69, 9.17) is 28.4 Å². The van der Waals surface area contributed by atoms with Crippen molar-refractivity contribution in [1.29, 1.82) is 0 Å². The van der Waals surface area contributed by atoms with Gasteiger partial charge in [-0.1, -0.05) is 27.2 Å². The second-order valence-electron chi connectivity index (χ2n) is 9.37. The maximum Gasteiger partial charge on any atom is 0.203 e. The van der Waals surface area contributed by atoms with Crippen molar-refractivity contribution in [2.24, 2.45) is 0 Å². The lowest BCUT2D eigenvalue weighted by atomic mass is 10.0. The quantitative estimate of drug-likeness (QED) is 0.234. The number of rotatable bonds is 15. The molecule has 2 aromatic carbocycles. The summed E-state index contributed by atoms with van der Waals surface area (Å²) >= 11 is 0. The molecule has 0 N–H and O–H groups in total. The Morgan fingerprint density at radius 3 is 1.87 bits per heavy atom. The monoisotopic (exact) mass is 550 g/mol. The molecule has 1 fully saturated rings. The summed E-state index contributed by atoms with van der Waals surface area (Å²) in [5, 5.41) is 0. The summed E-state index contributed by atoms with van der Waals surface area (Å²) in [6, 6.07) is 7.39. The molecule has 38 heavy (non-hydrogen) atoms. The van der Waals surface area contributed by atoms with E-state index in [0.29, 0.717) is 48.4 Å². The van der Waals surface area contributed by atoms with E-state index in [1.54, 1.807) is 27.4 Å². The zero-order chi connectivity index (χ0) is 27.7. The van der Waals surface area contributed by atoms with Crippen molar-refractivity contribution in [3.63, 3.8) is 0 Å². The van der Waals surface area contributed by atoms with Crippen LogP contribution in [0.5, 0.6) is 28.7 Å². The molecule has 1 aliphatic rings. The number of methoxy groups -OCH3 is 3. The molecule has 2 atom stereocenters. The van der Waals surface area contributed by atoms with Gasteiger partial charge in [-0.25, -0.2) is 8.42 Å². The zero-order valence-electron chi connectivity index (χ0n) is 23.5. The Balaban J connectivity index is 2.01. The second kappa shape index (κ2) is 13.9. The maximum absolute atomic E-state index is 13.3. The first-order valence-corrected chi connectivity index (χ1v) is 15.1. The van der Waals surface area contributed by atoms with Crippen molar-refractivity contribution < 1.29 is 36.8 Å². The molecule has 0 saturated carbocycles. The van der Waals surface area contributed by atoms with E-state index >= 15 is 0 Å². The fourth-order valence-corrected chi connectivity index (χ4v) is 6.10. The molecule has 2 unspecified atom stereocenters. The number of sulfone groups is 1. The molecule has 0 aromatic heterocycles. The lowest BCUT2D eigenvalue weighted by Gasteiger charge is -2.21. The Morgan fingerprint density at radius 2 is 1.34 bits per heavy atom. The van der Waals surface area contributed by atoms with E-state index < -0.39 is 9.84 Å². The zero-order valence-corrected chi connectivity index (χ0v) is 24.3. The van der Waals surface area contributed by atoms with Gasteiger partial charge in [-0.2, -0.15) is 0 Å². The molecule has 1 aliphatic heterocycles. The Kier molecular flexibility index (Phi) is 11.0. The van der Waals surface area contributed by atoms with Gasteiger partial charge in [0.15, 0.2) is 32.8 Å². The number of hydrogen-bond acceptors (Lipinski definition) is 8. The normalized spacial score (nSPS) is 17.3. The number of ether oxygens (including phenoxy) is 6. The Bertz CT molecular complexity index is 1140. The molecule has 1 heterocycles. The van der Waals surface area contributed by atoms with E-state index in [9.17, 15) is 8.42 Å². The molecular formula is C29H42O8S. The van der Waals surface area contributed by atoms with E-state index in [2.05, 4.69) is 6.92 Å². The Labute approximate surface area is 227 Å². The molecule has 9 heteroatoms. The van der Waals surface area contributed by atoms with Crippen LogP contribution in [-0.4, -0.2) is 48.7 Å². The predicted octanol–water partition coefficient (Wildman–Crippen LogP) is 6.46. The standard InChI is InChI=1S/C29H42O8S/c1-7-10-14-35-26-18-21(19-27(29(26)36-13-8-2)38(30,31)15-9-3)23-12-11-22(37-23)20-16-24(32-4)28(34-6)25(17-20)33-5/h16-19,22-23H,7-15H2,1-6H3. The van der Waals surface area contributed by atoms with Gasteiger partial charge >= 0.3 is 0 Å². The van der Waals surface area contributed by atoms with Crippen LogP contribution >= 0.6 is 0 Å². The summed E-state index contributed by atoms with van der Waals surface area (Å²) in [6.07, 6.45) is 4.04. The molecule has 0 radical (unpaired) electrons. The fraction of sp³-hybridized carbons (Fsp3) is 0.586. The number of benzene rings is 2. The third-order valence-electron chi connectivity index (χ3n) is 6.51. The molecule has 0 bridgehead atoms. The lowest BCUT2D eigenvalue weighted by molar-refractivity contribution is 0.0434. The van der Waals surface area contributed by atoms with Crippen LogP contribution in [0.4, 0.5) is 0 Å². The number of unbranched alkanes of at least 4 members (excludes halogenated alkanes) is 1. The largest absolute Gasteiger partial charge is 0.493 e. The van der Waals surface area contributed by atoms with Crippen LogP contribution in [0.25, 0.3) is 0 Å². The van der Waals surface area contributed by atoms with Crippen LogP contribution in [0.3, 0.4) is 0 Å². The lowest BCUT2D eigenvalue weighted by Crippen LogP contribution is -2.13. The predicted molar refractivity (Wildman–Crippen MR) is 147 cm³/mol. The topological polar surface area (TPSA) is 89.5 Å². The smallest absolute Gasteiger partial charge is 0.203 e. The first kappa shape index (κ1) is 29.9. The van der Waals surface area contributed by atoms with Gasteiger partial charge in [0.1, 0.15) is 4.90 Å². The summed E-state index contributed by atoms with van der Waals surface area (Å²) in [6.45, 7) is 6.81. The van der Waals surface area contributed by atoms with Gasteiger partial charge in [0.25, 0.3) is 0 Å². The van der Waals surface area contributed by atoms with Crippen molar-refractivity contribution in [3.8, 4) is 28.7 Å². The van der Waals surface area contributed by atoms with Crippen LogP contribution in [0, 0.1) is 0 Å². The molecule has 212 valence electrons. The third kappa shape index (κ3) is 6.86. The molecule has 3 rings (SSSR count). The van der Waals surface area contributed by atoms with E-state index in [1.165, 1.54) is 0 Å².